The van der Waals surface area contributed by atoms with Gasteiger partial charge in [0, 0.05) is 30.8 Å². The van der Waals surface area contributed by atoms with Gasteiger partial charge in [-0.2, -0.15) is 0 Å². The van der Waals surface area contributed by atoms with Crippen LogP contribution in [0, 0.1) is 23.2 Å². The first-order valence-corrected chi connectivity index (χ1v) is 12.7. The number of hydrogen-bond acceptors (Lipinski definition) is 5. The molecule has 0 aromatic rings. The zero-order chi connectivity index (χ0) is 21.7. The van der Waals surface area contributed by atoms with Crippen molar-refractivity contribution >= 4 is 6.29 Å². The Bertz CT molecular complexity index is 593. The van der Waals surface area contributed by atoms with E-state index in [0.717, 1.165) is 38.6 Å². The van der Waals surface area contributed by atoms with Crippen LogP contribution in [-0.2, 0) is 23.7 Å². The average molecular weight is 435 g/mol. The summed E-state index contributed by atoms with van der Waals surface area (Å²) in [6.45, 7) is 6.52. The standard InChI is InChI=1S/C26H42O5/c1-25(2)18-29-26(30-19-25)15-13-20(22(26)14-16-27)11-12-23(21-8-4-3-5-9-21)31-24-10-6-7-17-28-24/h11-12,16,20-24H,3-10,13-15,17-19H2,1-2H3/b12-11+. The van der Waals surface area contributed by atoms with E-state index in [-0.39, 0.29) is 29.6 Å². The molecular weight excluding hydrogens is 392 g/mol. The maximum Gasteiger partial charge on any atom is 0.172 e. The summed E-state index contributed by atoms with van der Waals surface area (Å²) in [7, 11) is 0. The van der Waals surface area contributed by atoms with Crippen LogP contribution < -0.4 is 0 Å². The Hall–Kier alpha value is -0.750. The summed E-state index contributed by atoms with van der Waals surface area (Å²) >= 11 is 0. The third kappa shape index (κ3) is 5.79. The molecule has 4 unspecified atom stereocenters. The number of carbonyl (C=O) groups excluding carboxylic acids is 1. The molecule has 2 saturated carbocycles. The van der Waals surface area contributed by atoms with Crippen LogP contribution in [0.15, 0.2) is 12.2 Å². The van der Waals surface area contributed by atoms with Crippen LogP contribution in [0.5, 0.6) is 0 Å². The van der Waals surface area contributed by atoms with Crippen LogP contribution in [0.2, 0.25) is 0 Å². The van der Waals surface area contributed by atoms with Gasteiger partial charge in [0.2, 0.25) is 0 Å². The van der Waals surface area contributed by atoms with Gasteiger partial charge >= 0.3 is 0 Å². The predicted molar refractivity (Wildman–Crippen MR) is 119 cm³/mol. The number of ether oxygens (including phenoxy) is 4. The van der Waals surface area contributed by atoms with E-state index < -0.39 is 5.79 Å². The molecule has 0 radical (unpaired) electrons. The van der Waals surface area contributed by atoms with Gasteiger partial charge in [0.05, 0.1) is 19.3 Å². The normalized spacial score (nSPS) is 34.8. The number of rotatable bonds is 7. The molecule has 2 aliphatic heterocycles. The van der Waals surface area contributed by atoms with Crippen LogP contribution in [0.3, 0.4) is 0 Å². The molecule has 2 saturated heterocycles. The fourth-order valence-corrected chi connectivity index (χ4v) is 5.87. The van der Waals surface area contributed by atoms with E-state index in [2.05, 4.69) is 26.0 Å². The molecule has 0 aromatic carbocycles. The van der Waals surface area contributed by atoms with E-state index in [1.54, 1.807) is 0 Å². The summed E-state index contributed by atoms with van der Waals surface area (Å²) in [4.78, 5) is 11.5. The van der Waals surface area contributed by atoms with Crippen LogP contribution in [0.25, 0.3) is 0 Å². The molecule has 31 heavy (non-hydrogen) atoms. The summed E-state index contributed by atoms with van der Waals surface area (Å²) in [5.41, 5.74) is 0.0326. The monoisotopic (exact) mass is 434 g/mol. The average Bonchev–Trinajstić information content (AvgIpc) is 3.12. The highest BCUT2D eigenvalue weighted by molar-refractivity contribution is 5.50. The van der Waals surface area contributed by atoms with Gasteiger partial charge < -0.3 is 23.7 Å². The summed E-state index contributed by atoms with van der Waals surface area (Å²) in [6.07, 6.45) is 17.7. The van der Waals surface area contributed by atoms with Gasteiger partial charge in [0.15, 0.2) is 12.1 Å². The van der Waals surface area contributed by atoms with Crippen LogP contribution >= 0.6 is 0 Å². The Kier molecular flexibility index (Phi) is 7.90. The lowest BCUT2D eigenvalue weighted by Crippen LogP contribution is -2.50. The topological polar surface area (TPSA) is 54.0 Å². The number of carbonyl (C=O) groups is 1. The van der Waals surface area contributed by atoms with Crippen molar-refractivity contribution in [3.8, 4) is 0 Å². The summed E-state index contributed by atoms with van der Waals surface area (Å²) in [5, 5.41) is 0. The van der Waals surface area contributed by atoms with Crippen LogP contribution in [0.1, 0.15) is 84.5 Å². The summed E-state index contributed by atoms with van der Waals surface area (Å²) < 4.78 is 25.0. The molecule has 5 nitrogen and oxygen atoms in total. The summed E-state index contributed by atoms with van der Waals surface area (Å²) in [6, 6.07) is 0. The molecule has 4 aliphatic rings. The fraction of sp³-hybridized carbons (Fsp3) is 0.885. The zero-order valence-electron chi connectivity index (χ0n) is 19.6. The molecule has 0 amide bonds. The Morgan fingerprint density at radius 2 is 1.74 bits per heavy atom. The second-order valence-corrected chi connectivity index (χ2v) is 10.9. The van der Waals surface area contributed by atoms with E-state index in [9.17, 15) is 4.79 Å². The number of allylic oxidation sites excluding steroid dienone is 1. The SMILES string of the molecule is CC1(C)COC2(CCC(/C=C/C(OC3CCCCO3)C3CCCCC3)C2CC=O)OC1. The van der Waals surface area contributed by atoms with E-state index in [1.165, 1.54) is 38.5 Å². The third-order valence-electron chi connectivity index (χ3n) is 7.78. The highest BCUT2D eigenvalue weighted by Gasteiger charge is 2.52. The number of aldehydes is 1. The van der Waals surface area contributed by atoms with Gasteiger partial charge in [-0.3, -0.25) is 0 Å². The zero-order valence-corrected chi connectivity index (χ0v) is 19.6. The molecule has 2 aliphatic carbocycles. The Balaban J connectivity index is 1.45. The fourth-order valence-electron chi connectivity index (χ4n) is 5.87. The highest BCUT2D eigenvalue weighted by atomic mass is 16.7. The molecule has 1 spiro atoms. The Morgan fingerprint density at radius 3 is 2.42 bits per heavy atom. The van der Waals surface area contributed by atoms with Gasteiger partial charge in [-0.25, -0.2) is 0 Å². The number of hydrogen-bond donors (Lipinski definition) is 0. The lowest BCUT2D eigenvalue weighted by molar-refractivity contribution is -0.315. The van der Waals surface area contributed by atoms with Gasteiger partial charge in [-0.15, -0.1) is 0 Å². The largest absolute Gasteiger partial charge is 0.353 e. The van der Waals surface area contributed by atoms with Crippen molar-refractivity contribution in [3.63, 3.8) is 0 Å². The third-order valence-corrected chi connectivity index (χ3v) is 7.78. The van der Waals surface area contributed by atoms with Crippen molar-refractivity contribution in [1.29, 1.82) is 0 Å². The van der Waals surface area contributed by atoms with Gasteiger partial charge in [-0.05, 0) is 50.4 Å². The Labute approximate surface area is 188 Å². The predicted octanol–water partition coefficient (Wildman–Crippen LogP) is 5.42. The first kappa shape index (κ1) is 23.4. The van der Waals surface area contributed by atoms with Crippen molar-refractivity contribution in [2.24, 2.45) is 23.2 Å². The lowest BCUT2D eigenvalue weighted by atomic mass is 9.83. The quantitative estimate of drug-likeness (QED) is 0.396. The van der Waals surface area contributed by atoms with Crippen molar-refractivity contribution in [3.05, 3.63) is 12.2 Å². The molecule has 5 heteroatoms. The molecule has 4 atom stereocenters. The van der Waals surface area contributed by atoms with Crippen molar-refractivity contribution in [2.45, 2.75) is 103 Å². The molecule has 0 N–H and O–H groups in total. The van der Waals surface area contributed by atoms with E-state index in [4.69, 9.17) is 18.9 Å². The van der Waals surface area contributed by atoms with Gasteiger partial charge in [0.25, 0.3) is 0 Å². The maximum atomic E-state index is 11.5. The molecule has 4 fully saturated rings. The van der Waals surface area contributed by atoms with E-state index in [0.29, 0.717) is 25.6 Å². The molecule has 2 heterocycles. The second kappa shape index (κ2) is 10.5. The smallest absolute Gasteiger partial charge is 0.172 e. The van der Waals surface area contributed by atoms with Gasteiger partial charge in [0.1, 0.15) is 6.29 Å². The highest BCUT2D eigenvalue weighted by Crippen LogP contribution is 2.49. The summed E-state index contributed by atoms with van der Waals surface area (Å²) in [5.74, 6) is 0.334. The van der Waals surface area contributed by atoms with Crippen molar-refractivity contribution < 1.29 is 23.7 Å². The molecular formula is C26H42O5. The van der Waals surface area contributed by atoms with Crippen molar-refractivity contribution in [2.75, 3.05) is 19.8 Å². The first-order chi connectivity index (χ1) is 15.0. The minimum atomic E-state index is -0.598. The Morgan fingerprint density at radius 1 is 1.00 bits per heavy atom. The lowest BCUT2D eigenvalue weighted by Gasteiger charge is -2.45. The maximum absolute atomic E-state index is 11.5. The van der Waals surface area contributed by atoms with Crippen LogP contribution in [-0.4, -0.2) is 44.3 Å². The van der Waals surface area contributed by atoms with E-state index >= 15 is 0 Å². The van der Waals surface area contributed by atoms with Crippen molar-refractivity contribution in [1.82, 2.24) is 0 Å². The second-order valence-electron chi connectivity index (χ2n) is 10.9. The van der Waals surface area contributed by atoms with Gasteiger partial charge in [-0.1, -0.05) is 45.3 Å². The molecule has 176 valence electrons. The minimum absolute atomic E-state index is 0.0326. The molecule has 0 bridgehead atoms. The molecule has 4 rings (SSSR count). The van der Waals surface area contributed by atoms with E-state index in [1.807, 2.05) is 0 Å². The van der Waals surface area contributed by atoms with Crippen LogP contribution in [0.4, 0.5) is 0 Å². The minimum Gasteiger partial charge on any atom is -0.353 e. The first-order valence-electron chi connectivity index (χ1n) is 12.7. The molecule has 0 aromatic heterocycles.